The van der Waals surface area contributed by atoms with Crippen molar-refractivity contribution in [2.24, 2.45) is 0 Å². The minimum atomic E-state index is 0. The Bertz CT molecular complexity index is 21.0. The molecule has 0 aromatic rings. The van der Waals surface area contributed by atoms with E-state index in [-0.39, 0.29) is 23.0 Å². The summed E-state index contributed by atoms with van der Waals surface area (Å²) in [4.78, 5) is 8.67. The Morgan fingerprint density at radius 3 is 2.00 bits per heavy atom. The Balaban J connectivity index is -0.00000000667. The molecule has 0 amide bonds. The average molecular weight is 349 g/mol. The van der Waals surface area contributed by atoms with Crippen molar-refractivity contribution >= 4 is 26.9 Å². The van der Waals surface area contributed by atoms with Gasteiger partial charge in [0.05, 0.1) is 0 Å². The fourth-order valence-electron chi connectivity index (χ4n) is 0. The summed E-state index contributed by atoms with van der Waals surface area (Å²) in [5.74, 6) is 0. The van der Waals surface area contributed by atoms with Gasteiger partial charge in [-0.2, -0.15) is 4.29 Å². The first kappa shape index (κ1) is 8.90. The minimum absolute atomic E-state index is 0. The molecule has 0 unspecified atom stereocenters. The van der Waals surface area contributed by atoms with E-state index in [0.29, 0.717) is 0 Å². The predicted octanol–water partition coefficient (Wildman–Crippen LogP) is 0.711. The zero-order valence-electron chi connectivity index (χ0n) is 3.62. The minimum Gasteiger partial charge on any atom is -1.00 e. The van der Waals surface area contributed by atoms with Crippen molar-refractivity contribution in [3.05, 3.63) is 0 Å². The molecule has 0 N–H and O–H groups in total. The molecule has 0 heterocycles. The van der Waals surface area contributed by atoms with Gasteiger partial charge >= 0.3 is 20.1 Å². The van der Waals surface area contributed by atoms with E-state index in [2.05, 4.69) is 0 Å². The van der Waals surface area contributed by atoms with Crippen molar-refractivity contribution in [2.45, 2.75) is 0 Å². The van der Waals surface area contributed by atoms with Crippen LogP contribution in [0.4, 0.5) is 0 Å². The van der Waals surface area contributed by atoms with Crippen LogP contribution in [-0.4, -0.2) is 4.29 Å². The molecule has 3 heteroatoms. The van der Waals surface area contributed by atoms with Crippen LogP contribution < -0.4 is 0 Å². The molecule has 0 radical (unpaired) electrons. The van der Waals surface area contributed by atoms with Crippen molar-refractivity contribution in [3.8, 4) is 0 Å². The summed E-state index contributed by atoms with van der Waals surface area (Å²) in [6, 6.07) is 0. The summed E-state index contributed by atoms with van der Waals surface area (Å²) in [5.41, 5.74) is 0. The Labute approximate surface area is 54.6 Å². The molecule has 0 aromatic heterocycles. The van der Waals surface area contributed by atoms with E-state index >= 15 is 0 Å². The van der Waals surface area contributed by atoms with Crippen molar-refractivity contribution < 1.29 is 27.8 Å². The zero-order chi connectivity index (χ0) is 2.71. The summed E-state index contributed by atoms with van der Waals surface area (Å²) in [7, 11) is 0. The number of hydrogen-bond donors (Lipinski definition) is 0. The Morgan fingerprint density at radius 1 is 2.00 bits per heavy atom. The van der Waals surface area contributed by atoms with Crippen molar-refractivity contribution in [1.82, 2.24) is 0 Å². The van der Waals surface area contributed by atoms with Gasteiger partial charge in [-0.15, -0.1) is 0 Å². The molecule has 0 rings (SSSR count). The average Bonchev–Trinajstić information content (AvgIpc) is 0.918. The third-order valence-electron chi connectivity index (χ3n) is 0. The van der Waals surface area contributed by atoms with Gasteiger partial charge in [0, 0.05) is 0 Å². The number of rotatable bonds is 0. The van der Waals surface area contributed by atoms with Crippen LogP contribution in [0.3, 0.4) is 0 Å². The van der Waals surface area contributed by atoms with Crippen LogP contribution in [-0.2, 0) is 24.9 Å². The first-order chi connectivity index (χ1) is 1.41. The van der Waals surface area contributed by atoms with Gasteiger partial charge in [0.2, 0.25) is 0 Å². The van der Waals surface area contributed by atoms with E-state index in [1.54, 1.807) is 0 Å². The molecule has 0 aromatic carbocycles. The van der Waals surface area contributed by atoms with Crippen molar-refractivity contribution in [2.75, 3.05) is 0 Å². The molecule has 0 bridgehead atoms. The van der Waals surface area contributed by atoms with Gasteiger partial charge in [-0.25, -0.2) is 0 Å². The van der Waals surface area contributed by atoms with Crippen LogP contribution in [0.2, 0.25) is 0 Å². The number of halogens is 1. The van der Waals surface area contributed by atoms with Crippen LogP contribution in [0, 0.1) is 0 Å². The van der Waals surface area contributed by atoms with Crippen molar-refractivity contribution in [1.29, 1.82) is 0 Å². The van der Waals surface area contributed by atoms with Gasteiger partial charge in [-0.3, -0.25) is 22.6 Å². The van der Waals surface area contributed by atoms with Crippen LogP contribution in [0.5, 0.6) is 0 Å². The van der Waals surface area contributed by atoms with Crippen LogP contribution in [0.15, 0.2) is 0 Å². The summed E-state index contributed by atoms with van der Waals surface area (Å²) in [6.07, 6.45) is 0. The van der Waals surface area contributed by atoms with Gasteiger partial charge < -0.3 is 7.65 Å². The molecule has 0 aliphatic rings. The van der Waals surface area contributed by atoms with Crippen LogP contribution in [0.25, 0.3) is 0 Å². The smallest absolute Gasteiger partial charge is 1.00 e. The topological polar surface area (TPSA) is 17.1 Å². The van der Waals surface area contributed by atoms with E-state index in [1.807, 2.05) is 0 Å². The van der Waals surface area contributed by atoms with Gasteiger partial charge in [0.1, 0.15) is 0 Å². The van der Waals surface area contributed by atoms with Gasteiger partial charge in [-0.05, 0) is 0 Å². The molecule has 4 heavy (non-hydrogen) atoms. The molecule has 0 aliphatic heterocycles. The maximum Gasteiger partial charge on any atom is 3.00 e. The van der Waals surface area contributed by atoms with Gasteiger partial charge in [0.15, 0.2) is 0 Å². The Kier molecular flexibility index (Phi) is 20.0. The summed E-state index contributed by atoms with van der Waals surface area (Å²) < 4.78 is 1.47. The quantitative estimate of drug-likeness (QED) is 0.358. The molecular weight excluding hydrogens is 347 g/mol. The second-order valence-corrected chi connectivity index (χ2v) is 0.518. The van der Waals surface area contributed by atoms with E-state index in [4.69, 9.17) is 4.79 Å². The monoisotopic (exact) mass is 350 g/mol. The molecule has 0 saturated carbocycles. The normalized spacial score (nSPS) is 3.25. The molecule has 1 nitrogen and oxygen atoms in total. The molecule has 0 fully saturated rings. The van der Waals surface area contributed by atoms with E-state index < -0.39 is 0 Å². The van der Waals surface area contributed by atoms with Crippen LogP contribution in [0.1, 0.15) is 2.85 Å². The summed E-state index contributed by atoms with van der Waals surface area (Å²) in [6.45, 7) is 0. The maximum absolute atomic E-state index is 8.67. The standard InChI is InChI=1S/CIO.Ir.2H/c2-1-3;;;/q-1;+3;2*-1. The second-order valence-electron chi connectivity index (χ2n) is 0.0772. The Hall–Kier alpha value is 1.05. The predicted molar refractivity (Wildman–Crippen MR) is 21.9 cm³/mol. The molecule has 0 atom stereocenters. The summed E-state index contributed by atoms with van der Waals surface area (Å²) >= 11 is 1.48. The molecule has 28 valence electrons. The Morgan fingerprint density at radius 2 is 2.00 bits per heavy atom. The van der Waals surface area contributed by atoms with Gasteiger partial charge in [-0.1, -0.05) is 0 Å². The maximum atomic E-state index is 8.67. The number of carbonyl (C=O) groups excluding carboxylic acids is 1. The third-order valence-corrected chi connectivity index (χ3v) is 0. The first-order valence-electron chi connectivity index (χ1n) is 0.393. The number of hydrogen-bond acceptors (Lipinski definition) is 1. The third kappa shape index (κ3) is 11.6. The van der Waals surface area contributed by atoms with E-state index in [9.17, 15) is 0 Å². The largest absolute Gasteiger partial charge is 3.00 e. The first-order valence-corrected chi connectivity index (χ1v) is 1.47. The second kappa shape index (κ2) is 8.97. The van der Waals surface area contributed by atoms with E-state index in [0.717, 1.165) is 0 Å². The fraction of sp³-hybridized carbons (Fsp3) is 0. The molecule has 0 spiro atoms. The fourth-order valence-corrected chi connectivity index (χ4v) is 0. The van der Waals surface area contributed by atoms with Crippen LogP contribution >= 0.6 is 22.6 Å². The molecule has 0 saturated heterocycles. The SMILES string of the molecule is O=[C-]I.[H-].[H-].[Ir+3]. The summed E-state index contributed by atoms with van der Waals surface area (Å²) in [5, 5.41) is 0. The van der Waals surface area contributed by atoms with Gasteiger partial charge in [0.25, 0.3) is 0 Å². The van der Waals surface area contributed by atoms with E-state index in [1.165, 1.54) is 26.9 Å². The molecular formula is CH2IIrO. The zero-order valence-corrected chi connectivity index (χ0v) is 6.17. The van der Waals surface area contributed by atoms with Crippen molar-refractivity contribution in [3.63, 3.8) is 0 Å². The molecule has 0 aliphatic carbocycles.